The average molecular weight is 617 g/mol. The van der Waals surface area contributed by atoms with Gasteiger partial charge in [-0.3, -0.25) is 9.59 Å². The summed E-state index contributed by atoms with van der Waals surface area (Å²) in [6.45, 7) is 2.47. The highest BCUT2D eigenvalue weighted by Crippen LogP contribution is 2.32. The first kappa shape index (κ1) is 30.8. The molecular weight excluding hydrogens is 585 g/mol. The van der Waals surface area contributed by atoms with Gasteiger partial charge in [-0.25, -0.2) is 4.79 Å². The van der Waals surface area contributed by atoms with Crippen LogP contribution in [-0.4, -0.2) is 40.6 Å². The van der Waals surface area contributed by atoms with E-state index in [9.17, 15) is 19.5 Å². The molecule has 0 saturated heterocycles. The highest BCUT2D eigenvalue weighted by atomic mass is 35.5. The van der Waals surface area contributed by atoms with Crippen LogP contribution in [0, 0.1) is 5.92 Å². The molecule has 4 rings (SSSR count). The number of carbonyl (C=O) groups excluding carboxylic acids is 2. The molecule has 2 aliphatic heterocycles. The molecule has 10 heteroatoms. The Labute approximate surface area is 253 Å². The van der Waals surface area contributed by atoms with Crippen molar-refractivity contribution in [2.45, 2.75) is 44.0 Å². The van der Waals surface area contributed by atoms with Gasteiger partial charge in [-0.1, -0.05) is 49.4 Å². The Balaban J connectivity index is 1.56. The van der Waals surface area contributed by atoms with Crippen LogP contribution in [0.15, 0.2) is 65.0 Å². The summed E-state index contributed by atoms with van der Waals surface area (Å²) in [6, 6.07) is 13.2. The summed E-state index contributed by atoms with van der Waals surface area (Å²) in [5, 5.41) is 12.7. The van der Waals surface area contributed by atoms with Crippen molar-refractivity contribution < 1.29 is 29.0 Å². The van der Waals surface area contributed by atoms with E-state index < -0.39 is 23.2 Å². The van der Waals surface area contributed by atoms with Crippen LogP contribution < -0.4 is 5.32 Å². The molecule has 2 unspecified atom stereocenters. The number of carboxylic acid groups (broad SMARTS) is 1. The van der Waals surface area contributed by atoms with Crippen molar-refractivity contribution in [2.24, 2.45) is 5.92 Å². The maximum Gasteiger partial charge on any atom is 0.352 e. The van der Waals surface area contributed by atoms with E-state index in [4.69, 9.17) is 32.7 Å². The molecular formula is C31H31Cl2NO6S. The van der Waals surface area contributed by atoms with E-state index in [1.807, 2.05) is 55.5 Å². The van der Waals surface area contributed by atoms with Gasteiger partial charge in [0.2, 0.25) is 0 Å². The monoisotopic (exact) mass is 615 g/mol. The highest BCUT2D eigenvalue weighted by molar-refractivity contribution is 8.00. The number of ketones is 1. The Morgan fingerprint density at radius 1 is 1.22 bits per heavy atom. The molecule has 2 N–H and O–H groups in total. The summed E-state index contributed by atoms with van der Waals surface area (Å²) in [7, 11) is 0. The summed E-state index contributed by atoms with van der Waals surface area (Å²) in [4.78, 5) is 38.3. The number of esters is 1. The van der Waals surface area contributed by atoms with E-state index in [-0.39, 0.29) is 36.8 Å². The van der Waals surface area contributed by atoms with Crippen LogP contribution in [-0.2, 0) is 42.8 Å². The number of ether oxygens (including phenoxy) is 2. The molecule has 41 heavy (non-hydrogen) atoms. The fraction of sp³-hybridized carbons (Fsp3) is 0.323. The predicted octanol–water partition coefficient (Wildman–Crippen LogP) is 6.28. The van der Waals surface area contributed by atoms with Gasteiger partial charge in [0.05, 0.1) is 17.9 Å². The first-order valence-electron chi connectivity index (χ1n) is 13.3. The van der Waals surface area contributed by atoms with Gasteiger partial charge < -0.3 is 19.9 Å². The topological polar surface area (TPSA) is 102 Å². The van der Waals surface area contributed by atoms with E-state index in [2.05, 4.69) is 5.32 Å². The number of allylic oxidation sites excluding steroid dienone is 1. The minimum absolute atomic E-state index is 0.0180. The van der Waals surface area contributed by atoms with Gasteiger partial charge >= 0.3 is 11.9 Å². The standard InChI is InChI=1S/C31H31Cl2NO6S/c1-2-10-39-31(38)26(15-25(35)11-19-6-4-3-5-7-19)29-34-28(30(36)37)21(18-41-29)9-8-20-12-22-14-27(33)40-17-24(22)13-23(20)16-32/h3-9,12-14,26,29,34H,2,10-11,15-18H2,1H3,(H,36,37)/b9-8+. The second kappa shape index (κ2) is 14.6. The molecule has 0 spiro atoms. The summed E-state index contributed by atoms with van der Waals surface area (Å²) < 4.78 is 10.8. The Hall–Kier alpha value is -3.20. The molecule has 0 amide bonds. The van der Waals surface area contributed by atoms with Crippen LogP contribution in [0.5, 0.6) is 0 Å². The first-order valence-corrected chi connectivity index (χ1v) is 15.2. The van der Waals surface area contributed by atoms with Gasteiger partial charge in [0.15, 0.2) is 5.22 Å². The molecule has 0 aliphatic carbocycles. The van der Waals surface area contributed by atoms with Crippen molar-refractivity contribution in [3.63, 3.8) is 0 Å². The summed E-state index contributed by atoms with van der Waals surface area (Å²) in [5.74, 6) is -2.04. The number of carbonyl (C=O) groups is 3. The smallest absolute Gasteiger partial charge is 0.352 e. The van der Waals surface area contributed by atoms with E-state index in [1.54, 1.807) is 12.2 Å². The zero-order valence-electron chi connectivity index (χ0n) is 22.5. The van der Waals surface area contributed by atoms with Gasteiger partial charge in [-0.15, -0.1) is 23.4 Å². The van der Waals surface area contributed by atoms with Crippen molar-refractivity contribution >= 4 is 64.8 Å². The summed E-state index contributed by atoms with van der Waals surface area (Å²) >= 11 is 13.6. The minimum Gasteiger partial charge on any atom is -0.478 e. The largest absolute Gasteiger partial charge is 0.478 e. The molecule has 0 fully saturated rings. The highest BCUT2D eigenvalue weighted by Gasteiger charge is 2.36. The normalized spacial score (nSPS) is 17.2. The number of hydrogen-bond donors (Lipinski definition) is 2. The lowest BCUT2D eigenvalue weighted by molar-refractivity contribution is -0.150. The van der Waals surface area contributed by atoms with Crippen molar-refractivity contribution in [3.8, 4) is 0 Å². The lowest BCUT2D eigenvalue weighted by Crippen LogP contribution is -2.44. The number of carboxylic acids is 1. The van der Waals surface area contributed by atoms with Crippen molar-refractivity contribution in [3.05, 3.63) is 92.8 Å². The molecule has 7 nitrogen and oxygen atoms in total. The van der Waals surface area contributed by atoms with Crippen molar-refractivity contribution in [2.75, 3.05) is 12.4 Å². The fourth-order valence-electron chi connectivity index (χ4n) is 4.60. The molecule has 2 heterocycles. The second-order valence-corrected chi connectivity index (χ2v) is 11.5. The van der Waals surface area contributed by atoms with Gasteiger partial charge in [-0.2, -0.15) is 0 Å². The first-order chi connectivity index (χ1) is 19.8. The van der Waals surface area contributed by atoms with Crippen LogP contribution >= 0.6 is 35.0 Å². The van der Waals surface area contributed by atoms with Crippen LogP contribution in [0.1, 0.15) is 47.6 Å². The maximum atomic E-state index is 13.0. The third kappa shape index (κ3) is 8.18. The second-order valence-electron chi connectivity index (χ2n) is 9.71. The Bertz CT molecular complexity index is 1390. The number of halogens is 2. The molecule has 0 radical (unpaired) electrons. The Morgan fingerprint density at radius 2 is 2.00 bits per heavy atom. The van der Waals surface area contributed by atoms with Crippen LogP contribution in [0.25, 0.3) is 12.2 Å². The van der Waals surface area contributed by atoms with Crippen LogP contribution in [0.4, 0.5) is 0 Å². The number of alkyl halides is 1. The number of nitrogens with one attached hydrogen (secondary N) is 1. The number of aliphatic carboxylic acids is 1. The predicted molar refractivity (Wildman–Crippen MR) is 162 cm³/mol. The van der Waals surface area contributed by atoms with Crippen molar-refractivity contribution in [1.29, 1.82) is 0 Å². The molecule has 2 aromatic rings. The Morgan fingerprint density at radius 3 is 2.71 bits per heavy atom. The quantitative estimate of drug-likeness (QED) is 0.212. The number of thioether (sulfide) groups is 1. The number of hydrogen-bond acceptors (Lipinski definition) is 7. The number of benzene rings is 2. The third-order valence-corrected chi connectivity index (χ3v) is 8.48. The zero-order chi connectivity index (χ0) is 29.4. The van der Waals surface area contributed by atoms with Crippen molar-refractivity contribution in [1.82, 2.24) is 5.32 Å². The Kier molecular flexibility index (Phi) is 11.0. The molecule has 2 atom stereocenters. The zero-order valence-corrected chi connectivity index (χ0v) is 24.9. The maximum absolute atomic E-state index is 13.0. The van der Waals surface area contributed by atoms with E-state index >= 15 is 0 Å². The molecule has 0 saturated carbocycles. The molecule has 0 aromatic heterocycles. The summed E-state index contributed by atoms with van der Waals surface area (Å²) in [6.07, 6.45) is 6.06. The lowest BCUT2D eigenvalue weighted by Gasteiger charge is -2.31. The van der Waals surface area contributed by atoms with E-state index in [0.717, 1.165) is 27.8 Å². The van der Waals surface area contributed by atoms with Crippen LogP contribution in [0.3, 0.4) is 0 Å². The number of Topliss-reactive ketones (excluding diaryl/α,β-unsaturated/α-hetero) is 1. The summed E-state index contributed by atoms with van der Waals surface area (Å²) in [5.41, 5.74) is 4.96. The number of fused-ring (bicyclic) bond motifs is 1. The molecule has 2 aliphatic rings. The van der Waals surface area contributed by atoms with Gasteiger partial charge in [0, 0.05) is 30.6 Å². The molecule has 0 bridgehead atoms. The fourth-order valence-corrected chi connectivity index (χ4v) is 6.25. The van der Waals surface area contributed by atoms with E-state index in [0.29, 0.717) is 29.6 Å². The molecule has 2 aromatic carbocycles. The third-order valence-electron chi connectivity index (χ3n) is 6.69. The minimum atomic E-state index is -1.15. The van der Waals surface area contributed by atoms with E-state index in [1.165, 1.54) is 11.8 Å². The lowest BCUT2D eigenvalue weighted by atomic mass is 9.97. The van der Waals surface area contributed by atoms with Crippen LogP contribution in [0.2, 0.25) is 0 Å². The molecule has 216 valence electrons. The van der Waals surface area contributed by atoms with Gasteiger partial charge in [-0.05, 0) is 63.5 Å². The SMILES string of the molecule is CCCOC(=O)C(CC(=O)Cc1ccccc1)C1NC(C(=O)O)=C(/C=C/c2cc3c(cc2CCl)COC(Cl)=C3)CS1. The van der Waals surface area contributed by atoms with Gasteiger partial charge in [0.1, 0.15) is 18.1 Å². The van der Waals surface area contributed by atoms with Gasteiger partial charge in [0.25, 0.3) is 0 Å². The number of rotatable bonds is 12. The average Bonchev–Trinajstić information content (AvgIpc) is 2.97.